The van der Waals surface area contributed by atoms with Crippen LogP contribution in [0.2, 0.25) is 0 Å². The van der Waals surface area contributed by atoms with Crippen LogP contribution in [0.3, 0.4) is 0 Å². The van der Waals surface area contributed by atoms with Crippen LogP contribution < -0.4 is 5.32 Å². The van der Waals surface area contributed by atoms with Gasteiger partial charge >= 0.3 is 5.97 Å². The number of carboxylic acid groups (broad SMARTS) is 1. The van der Waals surface area contributed by atoms with E-state index >= 15 is 0 Å². The Morgan fingerprint density at radius 3 is 2.58 bits per heavy atom. The van der Waals surface area contributed by atoms with Gasteiger partial charge in [-0.25, -0.2) is 4.79 Å². The maximum Gasteiger partial charge on any atom is 0.345 e. The topological polar surface area (TPSA) is 86.6 Å². The molecule has 0 aliphatic carbocycles. The summed E-state index contributed by atoms with van der Waals surface area (Å²) in [6.07, 6.45) is 0. The number of carbonyl (C=O) groups is 2. The van der Waals surface area contributed by atoms with Crippen molar-refractivity contribution in [2.45, 2.75) is 0 Å². The van der Waals surface area contributed by atoms with Crippen LogP contribution in [0.15, 0.2) is 30.3 Å². The van der Waals surface area contributed by atoms with Gasteiger partial charge in [0.15, 0.2) is 0 Å². The highest BCUT2D eigenvalue weighted by Crippen LogP contribution is 2.25. The number of hydrogen-bond acceptors (Lipinski definition) is 4. The molecule has 0 spiro atoms. The van der Waals surface area contributed by atoms with Crippen molar-refractivity contribution in [3.63, 3.8) is 0 Å². The second-order valence-corrected chi connectivity index (χ2v) is 5.91. The van der Waals surface area contributed by atoms with E-state index in [2.05, 4.69) is 5.32 Å². The van der Waals surface area contributed by atoms with Crippen LogP contribution in [-0.4, -0.2) is 22.1 Å². The van der Waals surface area contributed by atoms with E-state index in [0.717, 1.165) is 14.9 Å². The first-order valence-electron chi connectivity index (χ1n) is 5.10. The number of phenols is 1. The van der Waals surface area contributed by atoms with Gasteiger partial charge in [0.1, 0.15) is 10.6 Å². The van der Waals surface area contributed by atoms with Crippen LogP contribution in [0.1, 0.15) is 20.0 Å². The highest BCUT2D eigenvalue weighted by Gasteiger charge is 2.14. The Kier molecular flexibility index (Phi) is 4.05. The minimum atomic E-state index is -1.04. The number of rotatable bonds is 3. The number of amides is 1. The number of carbonyl (C=O) groups excluding carboxylic acids is 1. The quantitative estimate of drug-likeness (QED) is 0.705. The van der Waals surface area contributed by atoms with E-state index in [1.54, 1.807) is 12.1 Å². The molecule has 98 valence electrons. The summed E-state index contributed by atoms with van der Waals surface area (Å²) in [5.74, 6) is -1.63. The summed E-state index contributed by atoms with van der Waals surface area (Å²) in [4.78, 5) is 22.8. The summed E-state index contributed by atoms with van der Waals surface area (Å²) < 4.78 is 0.818. The molecule has 0 radical (unpaired) electrons. The van der Waals surface area contributed by atoms with E-state index in [1.165, 1.54) is 18.2 Å². The second-order valence-electron chi connectivity index (χ2n) is 3.58. The van der Waals surface area contributed by atoms with E-state index in [4.69, 9.17) is 5.11 Å². The summed E-state index contributed by atoms with van der Waals surface area (Å²) in [6.45, 7) is 0. The molecule has 0 unspecified atom stereocenters. The molecule has 0 aliphatic heterocycles. The lowest BCUT2D eigenvalue weighted by Crippen LogP contribution is -2.11. The summed E-state index contributed by atoms with van der Waals surface area (Å²) in [7, 11) is 0. The minimum absolute atomic E-state index is 0.118. The number of phenolic OH excluding ortho intramolecular Hbond substituents is 1. The van der Waals surface area contributed by atoms with E-state index in [0.29, 0.717) is 5.00 Å². The van der Waals surface area contributed by atoms with Crippen molar-refractivity contribution < 1.29 is 19.8 Å². The number of carboxylic acids is 1. The van der Waals surface area contributed by atoms with Gasteiger partial charge in [-0.15, -0.1) is 11.3 Å². The van der Waals surface area contributed by atoms with Crippen LogP contribution in [0.4, 0.5) is 5.00 Å². The number of hydrogen-bond donors (Lipinski definition) is 3. The van der Waals surface area contributed by atoms with E-state index in [-0.39, 0.29) is 16.2 Å². The van der Waals surface area contributed by atoms with E-state index in [9.17, 15) is 14.7 Å². The molecule has 2 rings (SSSR count). The monoisotopic (exact) mass is 389 g/mol. The van der Waals surface area contributed by atoms with Gasteiger partial charge in [-0.05, 0) is 52.9 Å². The number of halogens is 1. The molecular formula is C12H8INO4S. The largest absolute Gasteiger partial charge is 0.507 e. The molecule has 7 heteroatoms. The maximum atomic E-state index is 12.0. The molecule has 2 aromatic rings. The van der Waals surface area contributed by atoms with Crippen LogP contribution in [0, 0.1) is 3.57 Å². The third-order valence-corrected chi connectivity index (χ3v) is 3.92. The zero-order valence-corrected chi connectivity index (χ0v) is 12.4. The Hall–Kier alpha value is -1.61. The van der Waals surface area contributed by atoms with Crippen LogP contribution >= 0.6 is 33.9 Å². The molecule has 0 saturated carbocycles. The van der Waals surface area contributed by atoms with Gasteiger partial charge in [0.25, 0.3) is 5.91 Å². The third kappa shape index (κ3) is 3.24. The summed E-state index contributed by atoms with van der Waals surface area (Å²) in [5, 5.41) is 21.4. The zero-order valence-electron chi connectivity index (χ0n) is 9.38. The highest BCUT2D eigenvalue weighted by atomic mass is 127. The SMILES string of the molecule is O=C(O)c1ccc(NC(=O)c2cc(I)ccc2O)s1. The minimum Gasteiger partial charge on any atom is -0.507 e. The fraction of sp³-hybridized carbons (Fsp3) is 0. The predicted octanol–water partition coefficient (Wildman–Crippen LogP) is 3.01. The average Bonchev–Trinajstić information content (AvgIpc) is 2.80. The number of aromatic hydroxyl groups is 1. The summed E-state index contributed by atoms with van der Waals surface area (Å²) in [5.41, 5.74) is 0.150. The van der Waals surface area contributed by atoms with Crippen molar-refractivity contribution in [3.05, 3.63) is 44.3 Å². The summed E-state index contributed by atoms with van der Waals surface area (Å²) >= 11 is 2.99. The number of anilines is 1. The molecule has 1 amide bonds. The predicted molar refractivity (Wildman–Crippen MR) is 80.1 cm³/mol. The van der Waals surface area contributed by atoms with Gasteiger partial charge < -0.3 is 15.5 Å². The maximum absolute atomic E-state index is 12.0. The molecular weight excluding hydrogens is 381 g/mol. The number of nitrogens with one attached hydrogen (secondary N) is 1. The molecule has 19 heavy (non-hydrogen) atoms. The Balaban J connectivity index is 2.20. The zero-order chi connectivity index (χ0) is 14.0. The fourth-order valence-electron chi connectivity index (χ4n) is 1.39. The van der Waals surface area contributed by atoms with E-state index in [1.807, 2.05) is 22.6 Å². The first-order valence-corrected chi connectivity index (χ1v) is 7.00. The van der Waals surface area contributed by atoms with Crippen LogP contribution in [0.5, 0.6) is 5.75 Å². The van der Waals surface area contributed by atoms with E-state index < -0.39 is 11.9 Å². The molecule has 0 bridgehead atoms. The standard InChI is InChI=1S/C12H8INO4S/c13-6-1-2-8(15)7(5-6)11(16)14-10-4-3-9(19-10)12(17)18/h1-5,15H,(H,14,16)(H,17,18). The first-order chi connectivity index (χ1) is 8.97. The van der Waals surface area contributed by atoms with Gasteiger partial charge in [0.2, 0.25) is 0 Å². The molecule has 5 nitrogen and oxygen atoms in total. The Bertz CT molecular complexity index is 653. The lowest BCUT2D eigenvalue weighted by atomic mass is 10.2. The molecule has 0 aliphatic rings. The number of aromatic carboxylic acids is 1. The molecule has 1 aromatic carbocycles. The van der Waals surface area contributed by atoms with Gasteiger partial charge in [-0.1, -0.05) is 0 Å². The Morgan fingerprint density at radius 2 is 1.95 bits per heavy atom. The van der Waals surface area contributed by atoms with Crippen LogP contribution in [-0.2, 0) is 0 Å². The molecule has 0 saturated heterocycles. The van der Waals surface area contributed by atoms with Gasteiger partial charge in [-0.3, -0.25) is 4.79 Å². The van der Waals surface area contributed by atoms with Gasteiger partial charge in [0, 0.05) is 3.57 Å². The Morgan fingerprint density at radius 1 is 1.21 bits per heavy atom. The first kappa shape index (κ1) is 13.8. The average molecular weight is 389 g/mol. The van der Waals surface area contributed by atoms with Crippen molar-refractivity contribution in [1.29, 1.82) is 0 Å². The van der Waals surface area contributed by atoms with Crippen LogP contribution in [0.25, 0.3) is 0 Å². The smallest absolute Gasteiger partial charge is 0.345 e. The number of thiophene rings is 1. The molecule has 3 N–H and O–H groups in total. The molecule has 1 aromatic heterocycles. The van der Waals surface area contributed by atoms with Crippen molar-refractivity contribution in [2.75, 3.05) is 5.32 Å². The highest BCUT2D eigenvalue weighted by molar-refractivity contribution is 14.1. The second kappa shape index (κ2) is 5.57. The van der Waals surface area contributed by atoms with Gasteiger partial charge in [0.05, 0.1) is 10.6 Å². The Labute approximate surface area is 126 Å². The fourth-order valence-corrected chi connectivity index (χ4v) is 2.62. The van der Waals surface area contributed by atoms with Crippen molar-refractivity contribution >= 4 is 50.8 Å². The third-order valence-electron chi connectivity index (χ3n) is 2.26. The molecule has 0 fully saturated rings. The lowest BCUT2D eigenvalue weighted by molar-refractivity contribution is 0.0702. The molecule has 1 heterocycles. The normalized spacial score (nSPS) is 10.2. The summed E-state index contributed by atoms with van der Waals surface area (Å²) in [6, 6.07) is 7.60. The lowest BCUT2D eigenvalue weighted by Gasteiger charge is -2.05. The van der Waals surface area contributed by atoms with Crippen molar-refractivity contribution in [3.8, 4) is 5.75 Å². The van der Waals surface area contributed by atoms with Crippen molar-refractivity contribution in [2.24, 2.45) is 0 Å². The number of benzene rings is 1. The van der Waals surface area contributed by atoms with Gasteiger partial charge in [-0.2, -0.15) is 0 Å². The van der Waals surface area contributed by atoms with Crippen molar-refractivity contribution in [1.82, 2.24) is 0 Å². The molecule has 0 atom stereocenters.